The first-order valence-electron chi connectivity index (χ1n) is 7.83. The zero-order valence-corrected chi connectivity index (χ0v) is 16.1. The van der Waals surface area contributed by atoms with E-state index in [0.717, 1.165) is 34.8 Å². The second-order valence-corrected chi connectivity index (χ2v) is 7.03. The van der Waals surface area contributed by atoms with Crippen LogP contribution in [0.5, 0.6) is 23.0 Å². The van der Waals surface area contributed by atoms with Gasteiger partial charge in [-0.3, -0.25) is 4.18 Å². The van der Waals surface area contributed by atoms with Gasteiger partial charge >= 0.3 is 0 Å². The molecule has 0 spiro atoms. The summed E-state index contributed by atoms with van der Waals surface area (Å²) in [4.78, 5) is 0. The van der Waals surface area contributed by atoms with Crippen molar-refractivity contribution in [3.05, 3.63) is 42.1 Å². The number of aromatic nitrogens is 1. The first kappa shape index (κ1) is 21.2. The summed E-state index contributed by atoms with van der Waals surface area (Å²) >= 11 is 0. The Bertz CT molecular complexity index is 1140. The number of hydrogen-bond donors (Lipinski definition) is 4. The van der Waals surface area contributed by atoms with Crippen molar-refractivity contribution in [3.63, 3.8) is 0 Å². The Hall–Kier alpha value is -3.08. The van der Waals surface area contributed by atoms with Crippen molar-refractivity contribution in [1.29, 1.82) is 0 Å². The third-order valence-corrected chi connectivity index (χ3v) is 4.58. The highest BCUT2D eigenvalue weighted by atomic mass is 32.3. The minimum atomic E-state index is -4.41. The maximum absolute atomic E-state index is 9.69. The normalized spacial score (nSPS) is 11.1. The minimum absolute atomic E-state index is 0.161. The average molecular weight is 409 g/mol. The van der Waals surface area contributed by atoms with Crippen LogP contribution in [0.25, 0.3) is 22.0 Å². The van der Waals surface area contributed by atoms with E-state index in [2.05, 4.69) is 4.18 Å². The monoisotopic (exact) mass is 409 g/mol. The lowest BCUT2D eigenvalue weighted by Crippen LogP contribution is -2.34. The zero-order chi connectivity index (χ0) is 21.2. The number of nitrogens with zero attached hydrogens (tertiary/aromatic N) is 1. The molecule has 4 N–H and O–H groups in total. The number of phenols is 4. The summed E-state index contributed by atoms with van der Waals surface area (Å²) in [6.07, 6.45) is 0. The highest BCUT2D eigenvalue weighted by Gasteiger charge is 2.19. The van der Waals surface area contributed by atoms with Crippen molar-refractivity contribution >= 4 is 21.2 Å². The molecule has 1 aromatic heterocycles. The Morgan fingerprint density at radius 3 is 2.00 bits per heavy atom. The lowest BCUT2D eigenvalue weighted by molar-refractivity contribution is -0.665. The molecular weight excluding hydrogens is 390 g/mol. The van der Waals surface area contributed by atoms with Gasteiger partial charge in [-0.1, -0.05) is 0 Å². The summed E-state index contributed by atoms with van der Waals surface area (Å²) in [7, 11) is -1.73. The van der Waals surface area contributed by atoms with Gasteiger partial charge in [-0.2, -0.15) is 4.57 Å². The van der Waals surface area contributed by atoms with Crippen LogP contribution in [-0.4, -0.2) is 40.5 Å². The summed E-state index contributed by atoms with van der Waals surface area (Å²) in [6.45, 7) is 1.91. The molecule has 2 aromatic carbocycles. The molecule has 0 fully saturated rings. The predicted octanol–water partition coefficient (Wildman–Crippen LogP) is 1.56. The molecule has 10 heteroatoms. The van der Waals surface area contributed by atoms with Crippen LogP contribution in [0.3, 0.4) is 0 Å². The fourth-order valence-corrected chi connectivity index (χ4v) is 2.59. The second-order valence-electron chi connectivity index (χ2n) is 5.88. The molecule has 28 heavy (non-hydrogen) atoms. The van der Waals surface area contributed by atoms with Gasteiger partial charge in [-0.25, -0.2) is 8.42 Å². The van der Waals surface area contributed by atoms with E-state index < -0.39 is 10.4 Å². The summed E-state index contributed by atoms with van der Waals surface area (Å²) in [5.74, 6) is -0.707. The fourth-order valence-electron chi connectivity index (χ4n) is 2.59. The molecule has 0 amide bonds. The van der Waals surface area contributed by atoms with Gasteiger partial charge in [0.15, 0.2) is 28.7 Å². The summed E-state index contributed by atoms with van der Waals surface area (Å²) in [5, 5.41) is 40.1. The highest BCUT2D eigenvalue weighted by Crippen LogP contribution is 2.34. The molecule has 0 aliphatic carbocycles. The van der Waals surface area contributed by atoms with Crippen LogP contribution < -0.4 is 4.57 Å². The zero-order valence-electron chi connectivity index (χ0n) is 15.2. The van der Waals surface area contributed by atoms with E-state index in [1.54, 1.807) is 6.07 Å². The van der Waals surface area contributed by atoms with Gasteiger partial charge in [0.1, 0.15) is 7.05 Å². The van der Waals surface area contributed by atoms with E-state index in [4.69, 9.17) is 0 Å². The molecule has 0 aliphatic heterocycles. The summed E-state index contributed by atoms with van der Waals surface area (Å²) < 4.78 is 32.9. The van der Waals surface area contributed by atoms with Gasteiger partial charge in [0.05, 0.1) is 18.1 Å². The van der Waals surface area contributed by atoms with E-state index in [1.807, 2.05) is 24.6 Å². The Kier molecular flexibility index (Phi) is 5.98. The highest BCUT2D eigenvalue weighted by molar-refractivity contribution is 7.80. The number of fused-ring (bicyclic) bond motifs is 1. The second kappa shape index (κ2) is 7.89. The molecule has 0 saturated heterocycles. The van der Waals surface area contributed by atoms with Crippen molar-refractivity contribution < 1.29 is 42.1 Å². The standard InChI is InChI=1S/C17H15NO4.CH4O4S/c1-9-12-8-17(22)16(21)7-11(12)5-13(18(9)2)10-3-4-14(19)15(20)6-10;1-5-6(2,3)4/h3-8H,1-2H3,(H3,19,20,21,22);1H3,(H,2,3,4). The van der Waals surface area contributed by atoms with E-state index in [0.29, 0.717) is 0 Å². The molecule has 3 rings (SSSR count). The van der Waals surface area contributed by atoms with E-state index in [1.165, 1.54) is 24.3 Å². The molecule has 150 valence electrons. The summed E-state index contributed by atoms with van der Waals surface area (Å²) in [6, 6.07) is 9.50. The van der Waals surface area contributed by atoms with E-state index in [9.17, 15) is 33.4 Å². The lowest BCUT2D eigenvalue weighted by atomic mass is 10.0. The number of benzene rings is 2. The topological polar surface area (TPSA) is 151 Å². The predicted molar refractivity (Wildman–Crippen MR) is 98.7 cm³/mol. The van der Waals surface area contributed by atoms with Gasteiger partial charge < -0.3 is 25.0 Å². The molecule has 0 aliphatic rings. The number of pyridine rings is 1. The Balaban J connectivity index is 0.000000409. The third-order valence-electron chi connectivity index (χ3n) is 4.17. The largest absolute Gasteiger partial charge is 0.726 e. The number of aromatic hydroxyl groups is 4. The SMILES string of the molecule is COS(=O)(=O)[O-].Cc1c2cc(O)c(O)cc2cc(-c2ccc(O)c(O)c2)[n+]1C. The average Bonchev–Trinajstić information content (AvgIpc) is 2.62. The molecule has 0 bridgehead atoms. The molecule has 9 nitrogen and oxygen atoms in total. The van der Waals surface area contributed by atoms with Gasteiger partial charge in [0, 0.05) is 13.0 Å². The van der Waals surface area contributed by atoms with Crippen molar-refractivity contribution in [1.82, 2.24) is 0 Å². The van der Waals surface area contributed by atoms with Crippen LogP contribution in [0.1, 0.15) is 5.69 Å². The van der Waals surface area contributed by atoms with E-state index >= 15 is 0 Å². The maximum atomic E-state index is 9.69. The Labute approximate surface area is 161 Å². The van der Waals surface area contributed by atoms with E-state index in [-0.39, 0.29) is 23.0 Å². The molecule has 0 radical (unpaired) electrons. The third kappa shape index (κ3) is 4.60. The van der Waals surface area contributed by atoms with Crippen LogP contribution in [0.4, 0.5) is 0 Å². The van der Waals surface area contributed by atoms with Crippen molar-refractivity contribution in [3.8, 4) is 34.3 Å². The number of rotatable bonds is 2. The van der Waals surface area contributed by atoms with Crippen LogP contribution in [0.15, 0.2) is 36.4 Å². The molecule has 1 heterocycles. The first-order chi connectivity index (χ1) is 12.9. The van der Waals surface area contributed by atoms with Crippen LogP contribution in [0, 0.1) is 6.92 Å². The number of phenolic OH excluding ortho intramolecular Hbond substituents is 4. The van der Waals surface area contributed by atoms with Crippen molar-refractivity contribution in [2.45, 2.75) is 6.92 Å². The Morgan fingerprint density at radius 2 is 1.46 bits per heavy atom. The smallest absolute Gasteiger partial charge is 0.217 e. The van der Waals surface area contributed by atoms with Gasteiger partial charge in [-0.05, 0) is 35.7 Å². The van der Waals surface area contributed by atoms with Crippen LogP contribution in [-0.2, 0) is 21.6 Å². The maximum Gasteiger partial charge on any atom is 0.217 e. The summed E-state index contributed by atoms with van der Waals surface area (Å²) in [5.41, 5.74) is 2.44. The fraction of sp³-hybridized carbons (Fsp3) is 0.167. The number of aryl methyl sites for hydroxylation is 1. The van der Waals surface area contributed by atoms with Crippen LogP contribution >= 0.6 is 0 Å². The molecular formula is C18H19NO8S. The quantitative estimate of drug-likeness (QED) is 0.215. The molecule has 0 atom stereocenters. The van der Waals surface area contributed by atoms with Crippen molar-refractivity contribution in [2.75, 3.05) is 7.11 Å². The molecule has 0 unspecified atom stereocenters. The molecule has 0 saturated carbocycles. The van der Waals surface area contributed by atoms with Crippen molar-refractivity contribution in [2.24, 2.45) is 7.05 Å². The van der Waals surface area contributed by atoms with Gasteiger partial charge in [0.2, 0.25) is 16.1 Å². The van der Waals surface area contributed by atoms with Gasteiger partial charge in [-0.15, -0.1) is 0 Å². The number of hydrogen-bond acceptors (Lipinski definition) is 8. The first-order valence-corrected chi connectivity index (χ1v) is 9.17. The Morgan fingerprint density at radius 1 is 0.929 bits per heavy atom. The minimum Gasteiger partial charge on any atom is -0.726 e. The molecule has 3 aromatic rings. The lowest BCUT2D eigenvalue weighted by Gasteiger charge is -2.09. The van der Waals surface area contributed by atoms with Crippen LogP contribution in [0.2, 0.25) is 0 Å². The van der Waals surface area contributed by atoms with Gasteiger partial charge in [0.25, 0.3) is 0 Å².